The van der Waals surface area contributed by atoms with E-state index in [0.717, 1.165) is 11.8 Å². The van der Waals surface area contributed by atoms with Crippen molar-refractivity contribution in [2.75, 3.05) is 6.54 Å². The van der Waals surface area contributed by atoms with Gasteiger partial charge in [-0.15, -0.1) is 0 Å². The minimum atomic E-state index is -0.365. The number of amides is 1. The normalized spacial score (nSPS) is 10.1. The van der Waals surface area contributed by atoms with Gasteiger partial charge in [0, 0.05) is 30.9 Å². The third-order valence-corrected chi connectivity index (χ3v) is 2.15. The van der Waals surface area contributed by atoms with Crippen molar-refractivity contribution in [3.63, 3.8) is 0 Å². The molecule has 2 rings (SSSR count). The highest BCUT2D eigenvalue weighted by Gasteiger charge is 2.06. The molecule has 2 heterocycles. The molecule has 0 radical (unpaired) electrons. The van der Waals surface area contributed by atoms with E-state index in [2.05, 4.69) is 25.3 Å². The quantitative estimate of drug-likeness (QED) is 0.660. The van der Waals surface area contributed by atoms with Crippen molar-refractivity contribution in [1.29, 1.82) is 0 Å². The number of aromatic amines is 2. The summed E-state index contributed by atoms with van der Waals surface area (Å²) in [7, 11) is 0. The SMILES string of the molecule is O=C(NCCc1cnc[nH]1)c1cc(=O)[nH]cn1. The second-order valence-corrected chi connectivity index (χ2v) is 3.38. The van der Waals surface area contributed by atoms with E-state index in [1.807, 2.05) is 0 Å². The number of aromatic nitrogens is 4. The summed E-state index contributed by atoms with van der Waals surface area (Å²) in [4.78, 5) is 35.4. The first-order valence-electron chi connectivity index (χ1n) is 5.06. The zero-order chi connectivity index (χ0) is 12.1. The second-order valence-electron chi connectivity index (χ2n) is 3.38. The van der Waals surface area contributed by atoms with E-state index < -0.39 is 0 Å². The number of rotatable bonds is 4. The fraction of sp³-hybridized carbons (Fsp3) is 0.200. The van der Waals surface area contributed by atoms with Crippen LogP contribution in [0, 0.1) is 0 Å². The van der Waals surface area contributed by atoms with Crippen LogP contribution in [0.5, 0.6) is 0 Å². The standard InChI is InChI=1S/C10H11N5O2/c16-9-3-8(14-6-15-9)10(17)12-2-1-7-4-11-5-13-7/h3-6H,1-2H2,(H,11,13)(H,12,17)(H,14,15,16). The van der Waals surface area contributed by atoms with E-state index >= 15 is 0 Å². The molecule has 2 aromatic rings. The summed E-state index contributed by atoms with van der Waals surface area (Å²) >= 11 is 0. The van der Waals surface area contributed by atoms with Gasteiger partial charge in [0.25, 0.3) is 11.5 Å². The molecule has 0 bridgehead atoms. The lowest BCUT2D eigenvalue weighted by Gasteiger charge is -2.02. The molecule has 0 saturated carbocycles. The Kier molecular flexibility index (Phi) is 3.29. The van der Waals surface area contributed by atoms with Crippen molar-refractivity contribution in [2.45, 2.75) is 6.42 Å². The maximum atomic E-state index is 11.6. The van der Waals surface area contributed by atoms with E-state index in [1.54, 1.807) is 12.5 Å². The summed E-state index contributed by atoms with van der Waals surface area (Å²) in [5.74, 6) is -0.365. The molecule has 0 unspecified atom stereocenters. The monoisotopic (exact) mass is 233 g/mol. The summed E-state index contributed by atoms with van der Waals surface area (Å²) in [6, 6.07) is 1.16. The van der Waals surface area contributed by atoms with Gasteiger partial charge in [-0.3, -0.25) is 9.59 Å². The zero-order valence-electron chi connectivity index (χ0n) is 8.93. The van der Waals surface area contributed by atoms with Gasteiger partial charge in [-0.05, 0) is 0 Å². The van der Waals surface area contributed by atoms with E-state index in [-0.39, 0.29) is 17.2 Å². The van der Waals surface area contributed by atoms with Crippen LogP contribution in [0.4, 0.5) is 0 Å². The molecule has 0 saturated heterocycles. The van der Waals surface area contributed by atoms with Crippen molar-refractivity contribution < 1.29 is 4.79 Å². The van der Waals surface area contributed by atoms with Gasteiger partial charge in [0.15, 0.2) is 0 Å². The van der Waals surface area contributed by atoms with Gasteiger partial charge in [0.05, 0.1) is 12.7 Å². The number of nitrogens with one attached hydrogen (secondary N) is 3. The van der Waals surface area contributed by atoms with Gasteiger partial charge in [-0.2, -0.15) is 0 Å². The van der Waals surface area contributed by atoms with Crippen LogP contribution in [-0.4, -0.2) is 32.4 Å². The molecule has 3 N–H and O–H groups in total. The van der Waals surface area contributed by atoms with Crippen LogP contribution >= 0.6 is 0 Å². The molecule has 2 aromatic heterocycles. The lowest BCUT2D eigenvalue weighted by atomic mass is 10.3. The topological polar surface area (TPSA) is 104 Å². The molecule has 1 amide bonds. The average molecular weight is 233 g/mol. The van der Waals surface area contributed by atoms with Gasteiger partial charge >= 0.3 is 0 Å². The first-order chi connectivity index (χ1) is 8.25. The van der Waals surface area contributed by atoms with Crippen molar-refractivity contribution >= 4 is 5.91 Å². The fourth-order valence-electron chi connectivity index (χ4n) is 1.32. The highest BCUT2D eigenvalue weighted by Crippen LogP contribution is 1.92. The molecule has 0 spiro atoms. The molecule has 0 aliphatic heterocycles. The first kappa shape index (κ1) is 11.1. The van der Waals surface area contributed by atoms with Gasteiger partial charge in [-0.1, -0.05) is 0 Å². The number of imidazole rings is 1. The van der Waals surface area contributed by atoms with E-state index in [1.165, 1.54) is 6.33 Å². The Labute approximate surface area is 96.3 Å². The van der Waals surface area contributed by atoms with Gasteiger partial charge in [-0.25, -0.2) is 9.97 Å². The molecule has 88 valence electrons. The Morgan fingerprint density at radius 2 is 2.24 bits per heavy atom. The summed E-state index contributed by atoms with van der Waals surface area (Å²) in [5, 5.41) is 2.66. The fourth-order valence-corrected chi connectivity index (χ4v) is 1.32. The summed E-state index contributed by atoms with van der Waals surface area (Å²) < 4.78 is 0. The molecule has 0 aliphatic carbocycles. The molecular weight excluding hydrogens is 222 g/mol. The minimum absolute atomic E-state index is 0.110. The van der Waals surface area contributed by atoms with E-state index in [4.69, 9.17) is 0 Å². The highest BCUT2D eigenvalue weighted by molar-refractivity contribution is 5.91. The molecule has 0 atom stereocenters. The Morgan fingerprint density at radius 3 is 2.94 bits per heavy atom. The third-order valence-electron chi connectivity index (χ3n) is 2.15. The van der Waals surface area contributed by atoms with Gasteiger partial charge in [0.1, 0.15) is 5.69 Å². The van der Waals surface area contributed by atoms with Crippen molar-refractivity contribution in [3.8, 4) is 0 Å². The van der Waals surface area contributed by atoms with Crippen LogP contribution in [0.3, 0.4) is 0 Å². The molecule has 17 heavy (non-hydrogen) atoms. The van der Waals surface area contributed by atoms with Crippen LogP contribution < -0.4 is 10.9 Å². The van der Waals surface area contributed by atoms with Crippen molar-refractivity contribution in [3.05, 3.63) is 46.7 Å². The molecule has 7 nitrogen and oxygen atoms in total. The predicted molar refractivity (Wildman–Crippen MR) is 59.5 cm³/mol. The number of carbonyl (C=O) groups is 1. The number of H-pyrrole nitrogens is 2. The van der Waals surface area contributed by atoms with Crippen LogP contribution in [0.1, 0.15) is 16.2 Å². The summed E-state index contributed by atoms with van der Waals surface area (Å²) in [6.07, 6.45) is 5.12. The Morgan fingerprint density at radius 1 is 1.35 bits per heavy atom. The van der Waals surface area contributed by atoms with E-state index in [0.29, 0.717) is 13.0 Å². The van der Waals surface area contributed by atoms with Crippen molar-refractivity contribution in [1.82, 2.24) is 25.3 Å². The first-order valence-corrected chi connectivity index (χ1v) is 5.06. The number of hydrogen-bond acceptors (Lipinski definition) is 4. The van der Waals surface area contributed by atoms with Crippen LogP contribution in [0.2, 0.25) is 0 Å². The number of hydrogen-bond donors (Lipinski definition) is 3. The molecule has 0 aliphatic rings. The Bertz CT molecular complexity index is 546. The van der Waals surface area contributed by atoms with Crippen molar-refractivity contribution in [2.24, 2.45) is 0 Å². The second kappa shape index (κ2) is 5.06. The lowest BCUT2D eigenvalue weighted by molar-refractivity contribution is 0.0949. The maximum absolute atomic E-state index is 11.6. The van der Waals surface area contributed by atoms with E-state index in [9.17, 15) is 9.59 Å². The Hall–Kier alpha value is -2.44. The van der Waals surface area contributed by atoms with Crippen LogP contribution in [0.25, 0.3) is 0 Å². The summed E-state index contributed by atoms with van der Waals surface area (Å²) in [6.45, 7) is 0.454. The minimum Gasteiger partial charge on any atom is -0.350 e. The highest BCUT2D eigenvalue weighted by atomic mass is 16.2. The summed E-state index contributed by atoms with van der Waals surface area (Å²) in [5.41, 5.74) is 0.696. The molecule has 0 fully saturated rings. The zero-order valence-corrected chi connectivity index (χ0v) is 8.93. The smallest absolute Gasteiger partial charge is 0.270 e. The number of carbonyl (C=O) groups excluding carboxylic acids is 1. The largest absolute Gasteiger partial charge is 0.350 e. The Balaban J connectivity index is 1.87. The molecular formula is C10H11N5O2. The third kappa shape index (κ3) is 3.00. The van der Waals surface area contributed by atoms with Crippen LogP contribution in [0.15, 0.2) is 29.7 Å². The molecule has 0 aromatic carbocycles. The lowest BCUT2D eigenvalue weighted by Crippen LogP contribution is -2.27. The number of nitrogens with zero attached hydrogens (tertiary/aromatic N) is 2. The maximum Gasteiger partial charge on any atom is 0.270 e. The van der Waals surface area contributed by atoms with Gasteiger partial charge < -0.3 is 15.3 Å². The average Bonchev–Trinajstić information content (AvgIpc) is 2.82. The molecule has 7 heteroatoms. The van der Waals surface area contributed by atoms with Crippen LogP contribution in [-0.2, 0) is 6.42 Å². The van der Waals surface area contributed by atoms with Gasteiger partial charge in [0.2, 0.25) is 0 Å². The predicted octanol–water partition coefficient (Wildman–Crippen LogP) is -0.535.